The molecule has 0 saturated heterocycles. The zero-order chi connectivity index (χ0) is 10.4. The topological polar surface area (TPSA) is 63.7 Å². The van der Waals surface area contributed by atoms with E-state index in [2.05, 4.69) is 11.1 Å². The van der Waals surface area contributed by atoms with Gasteiger partial charge in [0.1, 0.15) is 11.8 Å². The van der Waals surface area contributed by atoms with E-state index in [9.17, 15) is 0 Å². The standard InChI is InChI=1S/C10H10N4/c1-14(6-2-5-11)10-4-3-9(7-12)13-8-10/h3-4,8H,2,6H2,1H3. The number of hydrogen-bond acceptors (Lipinski definition) is 4. The van der Waals surface area contributed by atoms with E-state index in [1.807, 2.05) is 24.1 Å². The van der Waals surface area contributed by atoms with Gasteiger partial charge in [0.15, 0.2) is 0 Å². The molecule has 0 aliphatic heterocycles. The van der Waals surface area contributed by atoms with Gasteiger partial charge in [-0.05, 0) is 12.1 Å². The Kier molecular flexibility index (Phi) is 3.46. The summed E-state index contributed by atoms with van der Waals surface area (Å²) in [4.78, 5) is 5.87. The van der Waals surface area contributed by atoms with Crippen molar-refractivity contribution in [2.24, 2.45) is 0 Å². The molecule has 70 valence electrons. The van der Waals surface area contributed by atoms with Gasteiger partial charge in [-0.2, -0.15) is 10.5 Å². The lowest BCUT2D eigenvalue weighted by molar-refractivity contribution is 0.901. The summed E-state index contributed by atoms with van der Waals surface area (Å²) < 4.78 is 0. The molecule has 0 aliphatic carbocycles. The zero-order valence-corrected chi connectivity index (χ0v) is 7.94. The lowest BCUT2D eigenvalue weighted by Crippen LogP contribution is -2.18. The second-order valence-corrected chi connectivity index (χ2v) is 2.84. The molecule has 0 unspecified atom stereocenters. The monoisotopic (exact) mass is 186 g/mol. The van der Waals surface area contributed by atoms with Crippen molar-refractivity contribution in [2.75, 3.05) is 18.5 Å². The molecule has 1 heterocycles. The van der Waals surface area contributed by atoms with E-state index < -0.39 is 0 Å². The van der Waals surface area contributed by atoms with Gasteiger partial charge in [0.05, 0.1) is 24.4 Å². The number of pyridine rings is 1. The number of aromatic nitrogens is 1. The molecule has 0 atom stereocenters. The van der Waals surface area contributed by atoms with Gasteiger partial charge in [-0.1, -0.05) is 0 Å². The fourth-order valence-corrected chi connectivity index (χ4v) is 1.02. The van der Waals surface area contributed by atoms with Gasteiger partial charge in [-0.15, -0.1) is 0 Å². The lowest BCUT2D eigenvalue weighted by Gasteiger charge is -2.16. The lowest BCUT2D eigenvalue weighted by atomic mass is 10.3. The molecule has 0 aromatic carbocycles. The molecule has 1 aromatic rings. The third-order valence-electron chi connectivity index (χ3n) is 1.86. The molecule has 0 spiro atoms. The number of rotatable bonds is 3. The van der Waals surface area contributed by atoms with E-state index in [1.165, 1.54) is 0 Å². The van der Waals surface area contributed by atoms with Crippen LogP contribution in [-0.2, 0) is 0 Å². The van der Waals surface area contributed by atoms with E-state index >= 15 is 0 Å². The molecule has 0 aliphatic rings. The first-order chi connectivity index (χ1) is 6.77. The first-order valence-corrected chi connectivity index (χ1v) is 4.22. The van der Waals surface area contributed by atoms with Gasteiger partial charge in [-0.3, -0.25) is 0 Å². The summed E-state index contributed by atoms with van der Waals surface area (Å²) in [7, 11) is 1.89. The fourth-order valence-electron chi connectivity index (χ4n) is 1.02. The van der Waals surface area contributed by atoms with Gasteiger partial charge >= 0.3 is 0 Å². The van der Waals surface area contributed by atoms with E-state index in [4.69, 9.17) is 10.5 Å². The van der Waals surface area contributed by atoms with Crippen LogP contribution in [0.2, 0.25) is 0 Å². The zero-order valence-electron chi connectivity index (χ0n) is 7.94. The third-order valence-corrected chi connectivity index (χ3v) is 1.86. The predicted molar refractivity (Wildman–Crippen MR) is 52.5 cm³/mol. The van der Waals surface area contributed by atoms with Crippen LogP contribution >= 0.6 is 0 Å². The Morgan fingerprint density at radius 3 is 2.71 bits per heavy atom. The average Bonchev–Trinajstić information content (AvgIpc) is 2.26. The van der Waals surface area contributed by atoms with E-state index in [0.717, 1.165) is 5.69 Å². The van der Waals surface area contributed by atoms with Gasteiger partial charge in [0, 0.05) is 13.6 Å². The van der Waals surface area contributed by atoms with Crippen molar-refractivity contribution in [1.82, 2.24) is 4.98 Å². The Balaban J connectivity index is 2.68. The van der Waals surface area contributed by atoms with E-state index in [0.29, 0.717) is 18.7 Å². The van der Waals surface area contributed by atoms with Crippen molar-refractivity contribution >= 4 is 5.69 Å². The maximum absolute atomic E-state index is 8.54. The highest BCUT2D eigenvalue weighted by Crippen LogP contribution is 2.10. The Labute approximate surface area is 83.0 Å². The third kappa shape index (κ3) is 2.46. The van der Waals surface area contributed by atoms with Crippen LogP contribution in [0.5, 0.6) is 0 Å². The molecule has 0 radical (unpaired) electrons. The summed E-state index contributed by atoms with van der Waals surface area (Å²) in [6.07, 6.45) is 2.12. The molecule has 1 rings (SSSR count). The summed E-state index contributed by atoms with van der Waals surface area (Å²) in [5, 5.41) is 16.9. The van der Waals surface area contributed by atoms with Crippen molar-refractivity contribution in [3.8, 4) is 12.1 Å². The molecule has 0 bridgehead atoms. The van der Waals surface area contributed by atoms with Crippen LogP contribution in [-0.4, -0.2) is 18.6 Å². The molecule has 0 N–H and O–H groups in total. The summed E-state index contributed by atoms with van der Waals surface area (Å²) in [5.74, 6) is 0. The summed E-state index contributed by atoms with van der Waals surface area (Å²) >= 11 is 0. The second-order valence-electron chi connectivity index (χ2n) is 2.84. The number of hydrogen-bond donors (Lipinski definition) is 0. The number of anilines is 1. The minimum atomic E-state index is 0.405. The molecule has 4 nitrogen and oxygen atoms in total. The van der Waals surface area contributed by atoms with Crippen molar-refractivity contribution in [2.45, 2.75) is 6.42 Å². The van der Waals surface area contributed by atoms with Crippen LogP contribution in [0.3, 0.4) is 0 Å². The highest BCUT2D eigenvalue weighted by atomic mass is 15.1. The first-order valence-electron chi connectivity index (χ1n) is 4.22. The molecule has 0 fully saturated rings. The Morgan fingerprint density at radius 2 is 2.21 bits per heavy atom. The van der Waals surface area contributed by atoms with Crippen LogP contribution in [0.15, 0.2) is 18.3 Å². The molecule has 1 aromatic heterocycles. The van der Waals surface area contributed by atoms with E-state index in [1.54, 1.807) is 12.3 Å². The fraction of sp³-hybridized carbons (Fsp3) is 0.300. The van der Waals surface area contributed by atoms with Crippen molar-refractivity contribution in [3.63, 3.8) is 0 Å². The van der Waals surface area contributed by atoms with Crippen molar-refractivity contribution in [3.05, 3.63) is 24.0 Å². The second kappa shape index (κ2) is 4.84. The van der Waals surface area contributed by atoms with Gasteiger partial charge in [0.25, 0.3) is 0 Å². The molecular formula is C10H10N4. The van der Waals surface area contributed by atoms with Crippen LogP contribution in [0.25, 0.3) is 0 Å². The molecule has 0 amide bonds. The number of nitriles is 2. The largest absolute Gasteiger partial charge is 0.372 e. The Hall–Kier alpha value is -2.07. The van der Waals surface area contributed by atoms with Crippen LogP contribution < -0.4 is 4.90 Å². The number of nitrogens with zero attached hydrogens (tertiary/aromatic N) is 4. The van der Waals surface area contributed by atoms with Crippen LogP contribution in [0, 0.1) is 22.7 Å². The Morgan fingerprint density at radius 1 is 1.43 bits per heavy atom. The smallest absolute Gasteiger partial charge is 0.140 e. The summed E-state index contributed by atoms with van der Waals surface area (Å²) in [6, 6.07) is 7.52. The van der Waals surface area contributed by atoms with Gasteiger partial charge < -0.3 is 4.90 Å². The van der Waals surface area contributed by atoms with E-state index in [-0.39, 0.29) is 0 Å². The SMILES string of the molecule is CN(CCC#N)c1ccc(C#N)nc1. The summed E-state index contributed by atoms with van der Waals surface area (Å²) in [6.45, 7) is 0.671. The highest BCUT2D eigenvalue weighted by Gasteiger charge is 2.00. The minimum Gasteiger partial charge on any atom is -0.372 e. The molecular weight excluding hydrogens is 176 g/mol. The summed E-state index contributed by atoms with van der Waals surface area (Å²) in [5.41, 5.74) is 1.32. The van der Waals surface area contributed by atoms with Crippen molar-refractivity contribution in [1.29, 1.82) is 10.5 Å². The van der Waals surface area contributed by atoms with Gasteiger partial charge in [-0.25, -0.2) is 4.98 Å². The Bertz CT molecular complexity index is 369. The normalized spacial score (nSPS) is 8.79. The predicted octanol–water partition coefficient (Wildman–Crippen LogP) is 1.30. The highest BCUT2D eigenvalue weighted by molar-refractivity contribution is 5.44. The first kappa shape index (κ1) is 10.0. The molecule has 4 heteroatoms. The van der Waals surface area contributed by atoms with Crippen molar-refractivity contribution < 1.29 is 0 Å². The maximum atomic E-state index is 8.54. The molecule has 14 heavy (non-hydrogen) atoms. The maximum Gasteiger partial charge on any atom is 0.140 e. The van der Waals surface area contributed by atoms with Gasteiger partial charge in [0.2, 0.25) is 0 Å². The average molecular weight is 186 g/mol. The van der Waals surface area contributed by atoms with Crippen LogP contribution in [0.4, 0.5) is 5.69 Å². The molecule has 0 saturated carbocycles. The van der Waals surface area contributed by atoms with Crippen LogP contribution in [0.1, 0.15) is 12.1 Å². The quantitative estimate of drug-likeness (QED) is 0.713. The minimum absolute atomic E-state index is 0.405.